The van der Waals surface area contributed by atoms with Gasteiger partial charge in [-0.05, 0) is 51.3 Å². The van der Waals surface area contributed by atoms with Gasteiger partial charge in [0.2, 0.25) is 0 Å². The maximum Gasteiger partial charge on any atom is 0.194 e. The molecule has 2 aromatic rings. The van der Waals surface area contributed by atoms with Crippen molar-refractivity contribution in [3.63, 3.8) is 0 Å². The maximum atomic E-state index is 12.7. The molecule has 0 bridgehead atoms. The van der Waals surface area contributed by atoms with E-state index in [1.165, 1.54) is 0 Å². The molecule has 0 heterocycles. The van der Waals surface area contributed by atoms with E-state index in [2.05, 4.69) is 24.3 Å². The molecule has 0 fully saturated rings. The van der Waals surface area contributed by atoms with Crippen LogP contribution in [0.5, 0.6) is 0 Å². The van der Waals surface area contributed by atoms with Crippen molar-refractivity contribution in [2.45, 2.75) is 13.0 Å². The van der Waals surface area contributed by atoms with Crippen LogP contribution >= 0.6 is 0 Å². The van der Waals surface area contributed by atoms with Gasteiger partial charge in [-0.25, -0.2) is 0 Å². The van der Waals surface area contributed by atoms with Crippen molar-refractivity contribution >= 4 is 11.6 Å². The van der Waals surface area contributed by atoms with Gasteiger partial charge in [0.25, 0.3) is 0 Å². The van der Waals surface area contributed by atoms with Gasteiger partial charge in [0, 0.05) is 28.8 Å². The van der Waals surface area contributed by atoms with Gasteiger partial charge in [-0.2, -0.15) is 0 Å². The molecule has 4 nitrogen and oxygen atoms in total. The molecule has 0 spiro atoms. The molecule has 3 rings (SSSR count). The number of ketones is 2. The van der Waals surface area contributed by atoms with Crippen molar-refractivity contribution in [1.82, 2.24) is 10.2 Å². The Morgan fingerprint density at radius 3 is 2.17 bits per heavy atom. The summed E-state index contributed by atoms with van der Waals surface area (Å²) in [4.78, 5) is 27.4. The molecule has 1 aliphatic carbocycles. The van der Waals surface area contributed by atoms with E-state index >= 15 is 0 Å². The fraction of sp³-hybridized carbons (Fsp3) is 0.300. The number of carbonyl (C=O) groups excluding carboxylic acids is 2. The van der Waals surface area contributed by atoms with Crippen molar-refractivity contribution in [3.05, 3.63) is 70.3 Å². The highest BCUT2D eigenvalue weighted by Crippen LogP contribution is 2.27. The molecule has 0 aliphatic heterocycles. The first-order valence-corrected chi connectivity index (χ1v) is 8.24. The number of nitrogens with one attached hydrogen (secondary N) is 1. The first kappa shape index (κ1) is 16.6. The average Bonchev–Trinajstić information content (AvgIpc) is 2.59. The Labute approximate surface area is 142 Å². The van der Waals surface area contributed by atoms with Gasteiger partial charge in [-0.1, -0.05) is 30.3 Å². The number of fused-ring (bicyclic) bond motifs is 2. The normalized spacial score (nSPS) is 13.1. The van der Waals surface area contributed by atoms with Crippen LogP contribution in [0.1, 0.15) is 43.8 Å². The molecule has 2 aromatic carbocycles. The minimum absolute atomic E-state index is 0.0605. The summed E-state index contributed by atoms with van der Waals surface area (Å²) in [5.41, 5.74) is 3.07. The summed E-state index contributed by atoms with van der Waals surface area (Å²) in [5.74, 6) is -0.125. The van der Waals surface area contributed by atoms with Gasteiger partial charge < -0.3 is 10.2 Å². The first-order valence-electron chi connectivity index (χ1n) is 8.24. The van der Waals surface area contributed by atoms with Gasteiger partial charge in [0.05, 0.1) is 0 Å². The van der Waals surface area contributed by atoms with Crippen molar-refractivity contribution in [3.8, 4) is 0 Å². The Bertz CT molecular complexity index is 781. The summed E-state index contributed by atoms with van der Waals surface area (Å²) < 4.78 is 0. The summed E-state index contributed by atoms with van der Waals surface area (Å²) in [6.45, 7) is 2.66. The molecule has 0 saturated heterocycles. The van der Waals surface area contributed by atoms with E-state index < -0.39 is 0 Å². The Morgan fingerprint density at radius 1 is 0.875 bits per heavy atom. The zero-order valence-corrected chi connectivity index (χ0v) is 14.1. The van der Waals surface area contributed by atoms with E-state index in [4.69, 9.17) is 0 Å². The molecule has 4 heteroatoms. The third kappa shape index (κ3) is 3.30. The Hall–Kier alpha value is -2.30. The summed E-state index contributed by atoms with van der Waals surface area (Å²) in [6.07, 6.45) is 1.07. The van der Waals surface area contributed by atoms with Crippen LogP contribution < -0.4 is 5.32 Å². The van der Waals surface area contributed by atoms with Gasteiger partial charge in [0.1, 0.15) is 0 Å². The Balaban J connectivity index is 1.74. The van der Waals surface area contributed by atoms with Gasteiger partial charge >= 0.3 is 0 Å². The molecular weight excluding hydrogens is 300 g/mol. The van der Waals surface area contributed by atoms with Crippen LogP contribution in [0.25, 0.3) is 0 Å². The lowest BCUT2D eigenvalue weighted by Gasteiger charge is -2.18. The predicted octanol–water partition coefficient (Wildman–Crippen LogP) is 2.50. The van der Waals surface area contributed by atoms with E-state index in [0.29, 0.717) is 28.8 Å². The van der Waals surface area contributed by atoms with E-state index in [9.17, 15) is 9.59 Å². The molecule has 1 N–H and O–H groups in total. The second-order valence-corrected chi connectivity index (χ2v) is 6.42. The molecular formula is C20H22N2O2. The minimum Gasteiger partial charge on any atom is -0.313 e. The largest absolute Gasteiger partial charge is 0.313 e. The number of nitrogens with zero attached hydrogens (tertiary/aromatic N) is 1. The zero-order chi connectivity index (χ0) is 17.1. The van der Waals surface area contributed by atoms with E-state index in [1.54, 1.807) is 30.3 Å². The molecule has 0 atom stereocenters. The van der Waals surface area contributed by atoms with Crippen molar-refractivity contribution < 1.29 is 9.59 Å². The van der Waals surface area contributed by atoms with E-state index in [0.717, 1.165) is 25.1 Å². The van der Waals surface area contributed by atoms with Crippen LogP contribution in [0.2, 0.25) is 0 Å². The van der Waals surface area contributed by atoms with Crippen LogP contribution in [0, 0.1) is 0 Å². The molecule has 0 radical (unpaired) electrons. The third-order valence-electron chi connectivity index (χ3n) is 4.28. The molecule has 1 aliphatic rings. The summed E-state index contributed by atoms with van der Waals surface area (Å²) in [6, 6.07) is 12.6. The minimum atomic E-state index is -0.0642. The average molecular weight is 322 g/mol. The van der Waals surface area contributed by atoms with Gasteiger partial charge in [-0.15, -0.1) is 0 Å². The lowest BCUT2D eigenvalue weighted by Crippen LogP contribution is -2.23. The van der Waals surface area contributed by atoms with Crippen molar-refractivity contribution in [1.29, 1.82) is 0 Å². The highest BCUT2D eigenvalue weighted by Gasteiger charge is 2.29. The molecule has 24 heavy (non-hydrogen) atoms. The molecule has 0 unspecified atom stereocenters. The number of rotatable bonds is 6. The quantitative estimate of drug-likeness (QED) is 0.709. The number of carbonyl (C=O) groups is 2. The van der Waals surface area contributed by atoms with Crippen molar-refractivity contribution in [2.24, 2.45) is 0 Å². The van der Waals surface area contributed by atoms with Crippen LogP contribution in [-0.4, -0.2) is 43.7 Å². The highest BCUT2D eigenvalue weighted by molar-refractivity contribution is 6.28. The lowest BCUT2D eigenvalue weighted by molar-refractivity contribution is 0.0979. The fourth-order valence-electron chi connectivity index (χ4n) is 3.01. The predicted molar refractivity (Wildman–Crippen MR) is 94.6 cm³/mol. The number of hydrogen-bond acceptors (Lipinski definition) is 4. The highest BCUT2D eigenvalue weighted by atomic mass is 16.1. The standard InChI is InChI=1S/C20H22N2O2/c1-22(2)11-5-10-21-13-14-8-9-17-18(12-14)20(24)16-7-4-3-6-15(16)19(17)23/h3-4,6-9,12,21H,5,10-11,13H2,1-2H3. The monoisotopic (exact) mass is 322 g/mol. The molecule has 124 valence electrons. The molecule has 0 saturated carbocycles. The van der Waals surface area contributed by atoms with Crippen LogP contribution in [0.15, 0.2) is 42.5 Å². The van der Waals surface area contributed by atoms with Crippen LogP contribution in [0.4, 0.5) is 0 Å². The van der Waals surface area contributed by atoms with E-state index in [1.807, 2.05) is 12.1 Å². The summed E-state index contributed by atoms with van der Waals surface area (Å²) in [5, 5.41) is 3.39. The summed E-state index contributed by atoms with van der Waals surface area (Å²) in [7, 11) is 4.12. The SMILES string of the molecule is CN(C)CCCNCc1ccc2c(c1)C(=O)c1ccccc1C2=O. The smallest absolute Gasteiger partial charge is 0.194 e. The van der Waals surface area contributed by atoms with Gasteiger partial charge in [-0.3, -0.25) is 9.59 Å². The molecule has 0 amide bonds. The summed E-state index contributed by atoms with van der Waals surface area (Å²) >= 11 is 0. The van der Waals surface area contributed by atoms with E-state index in [-0.39, 0.29) is 11.6 Å². The third-order valence-corrected chi connectivity index (χ3v) is 4.28. The first-order chi connectivity index (χ1) is 11.6. The zero-order valence-electron chi connectivity index (χ0n) is 14.1. The molecule has 0 aromatic heterocycles. The second-order valence-electron chi connectivity index (χ2n) is 6.42. The van der Waals surface area contributed by atoms with Crippen LogP contribution in [-0.2, 0) is 6.54 Å². The van der Waals surface area contributed by atoms with Crippen LogP contribution in [0.3, 0.4) is 0 Å². The fourth-order valence-corrected chi connectivity index (χ4v) is 3.01. The van der Waals surface area contributed by atoms with Gasteiger partial charge in [0.15, 0.2) is 11.6 Å². The number of hydrogen-bond donors (Lipinski definition) is 1. The topological polar surface area (TPSA) is 49.4 Å². The Morgan fingerprint density at radius 2 is 1.50 bits per heavy atom. The second kappa shape index (κ2) is 7.07. The lowest BCUT2D eigenvalue weighted by atomic mass is 9.83. The maximum absolute atomic E-state index is 12.7. The van der Waals surface area contributed by atoms with Crippen molar-refractivity contribution in [2.75, 3.05) is 27.2 Å². The Kier molecular flexibility index (Phi) is 4.88. The number of benzene rings is 2.